The average Bonchev–Trinajstić information content (AvgIpc) is 2.93. The highest BCUT2D eigenvalue weighted by Crippen LogP contribution is 2.21. The summed E-state index contributed by atoms with van der Waals surface area (Å²) in [6.07, 6.45) is 3.80. The van der Waals surface area contributed by atoms with Gasteiger partial charge in [0, 0.05) is 38.9 Å². The van der Waals surface area contributed by atoms with E-state index in [4.69, 9.17) is 4.74 Å². The molecule has 1 unspecified atom stereocenters. The number of fused-ring (bicyclic) bond motifs is 1. The largest absolute Gasteiger partial charge is 0.497 e. The Bertz CT molecular complexity index is 834. The number of sulfonamides is 1. The van der Waals surface area contributed by atoms with Crippen molar-refractivity contribution in [3.8, 4) is 5.75 Å². The van der Waals surface area contributed by atoms with Gasteiger partial charge in [-0.1, -0.05) is 12.1 Å². The lowest BCUT2D eigenvalue weighted by Gasteiger charge is -2.24. The maximum absolute atomic E-state index is 11.3. The van der Waals surface area contributed by atoms with E-state index in [9.17, 15) is 8.42 Å². The summed E-state index contributed by atoms with van der Waals surface area (Å²) < 4.78 is 32.6. The summed E-state index contributed by atoms with van der Waals surface area (Å²) in [7, 11) is -1.48. The lowest BCUT2D eigenvalue weighted by Crippen LogP contribution is -2.31. The summed E-state index contributed by atoms with van der Waals surface area (Å²) in [6, 6.07) is 10.2. The predicted octanol–water partition coefficient (Wildman–Crippen LogP) is 1.46. The molecule has 1 atom stereocenters. The second-order valence-corrected chi connectivity index (χ2v) is 8.68. The zero-order valence-electron chi connectivity index (χ0n) is 15.3. The van der Waals surface area contributed by atoms with Crippen molar-refractivity contribution in [2.24, 2.45) is 5.92 Å². The number of methoxy groups -OCH3 is 1. The normalized spacial score (nSPS) is 18.3. The van der Waals surface area contributed by atoms with Gasteiger partial charge in [0.1, 0.15) is 5.75 Å². The summed E-state index contributed by atoms with van der Waals surface area (Å²) in [5.41, 5.74) is 2.39. The van der Waals surface area contributed by atoms with Crippen LogP contribution in [0.25, 0.3) is 0 Å². The van der Waals surface area contributed by atoms with Gasteiger partial charge in [-0.2, -0.15) is 5.10 Å². The van der Waals surface area contributed by atoms with E-state index in [1.807, 2.05) is 23.0 Å². The monoisotopic (exact) mass is 378 g/mol. The van der Waals surface area contributed by atoms with Crippen LogP contribution in [-0.4, -0.2) is 49.6 Å². The third-order valence-electron chi connectivity index (χ3n) is 4.59. The van der Waals surface area contributed by atoms with Crippen molar-refractivity contribution in [2.75, 3.05) is 26.5 Å². The van der Waals surface area contributed by atoms with E-state index < -0.39 is 10.0 Å². The van der Waals surface area contributed by atoms with Crippen LogP contribution in [0, 0.1) is 5.92 Å². The highest BCUT2D eigenvalue weighted by Gasteiger charge is 2.22. The first kappa shape index (κ1) is 18.9. The minimum absolute atomic E-state index is 0.330. The van der Waals surface area contributed by atoms with Crippen LogP contribution in [0.5, 0.6) is 5.75 Å². The first-order valence-electron chi connectivity index (χ1n) is 8.73. The van der Waals surface area contributed by atoms with Crippen molar-refractivity contribution in [3.63, 3.8) is 0 Å². The highest BCUT2D eigenvalue weighted by molar-refractivity contribution is 7.88. The van der Waals surface area contributed by atoms with E-state index in [-0.39, 0.29) is 0 Å². The van der Waals surface area contributed by atoms with E-state index in [0.29, 0.717) is 12.5 Å². The summed E-state index contributed by atoms with van der Waals surface area (Å²) in [4.78, 5) is 2.39. The number of hydrogen-bond donors (Lipinski definition) is 1. The highest BCUT2D eigenvalue weighted by atomic mass is 32.2. The lowest BCUT2D eigenvalue weighted by atomic mass is 10.1. The molecule has 0 aliphatic carbocycles. The van der Waals surface area contributed by atoms with Crippen molar-refractivity contribution >= 4 is 10.0 Å². The van der Waals surface area contributed by atoms with Crippen LogP contribution in [0.4, 0.5) is 0 Å². The number of rotatable bonds is 7. The molecule has 0 amide bonds. The molecule has 1 aromatic heterocycles. The second-order valence-electron chi connectivity index (χ2n) is 6.85. The third kappa shape index (κ3) is 5.30. The fraction of sp³-hybridized carbons (Fsp3) is 0.500. The predicted molar refractivity (Wildman–Crippen MR) is 100 cm³/mol. The van der Waals surface area contributed by atoms with Crippen molar-refractivity contribution in [1.82, 2.24) is 19.4 Å². The van der Waals surface area contributed by atoms with Gasteiger partial charge in [0.15, 0.2) is 0 Å². The minimum atomic E-state index is -3.15. The molecule has 0 fully saturated rings. The van der Waals surface area contributed by atoms with Crippen molar-refractivity contribution in [1.29, 1.82) is 0 Å². The molecule has 26 heavy (non-hydrogen) atoms. The van der Waals surface area contributed by atoms with E-state index in [2.05, 4.69) is 32.9 Å². The molecule has 142 valence electrons. The van der Waals surface area contributed by atoms with Crippen molar-refractivity contribution < 1.29 is 13.2 Å². The Morgan fingerprint density at radius 3 is 2.92 bits per heavy atom. The summed E-state index contributed by atoms with van der Waals surface area (Å²) in [6.45, 7) is 3.80. The van der Waals surface area contributed by atoms with E-state index >= 15 is 0 Å². The standard InChI is InChI=1S/C18H26N4O3S/c1-25-18-5-3-4-15(10-18)11-21-12-16(6-9-20-26(2,23)24)13-22-17(14-21)7-8-19-22/h3-5,7-8,10,16,20H,6,9,11-14H2,1-2H3. The molecule has 0 bridgehead atoms. The third-order valence-corrected chi connectivity index (χ3v) is 5.32. The van der Waals surface area contributed by atoms with Crippen LogP contribution in [0.1, 0.15) is 17.7 Å². The quantitative estimate of drug-likeness (QED) is 0.789. The maximum atomic E-state index is 11.3. The summed E-state index contributed by atoms with van der Waals surface area (Å²) >= 11 is 0. The molecule has 2 aromatic rings. The molecular weight excluding hydrogens is 352 g/mol. The summed E-state index contributed by atoms with van der Waals surface area (Å²) in [5.74, 6) is 1.19. The number of aromatic nitrogens is 2. The van der Waals surface area contributed by atoms with Crippen LogP contribution < -0.4 is 9.46 Å². The molecule has 7 nitrogen and oxygen atoms in total. The van der Waals surface area contributed by atoms with E-state index in [0.717, 1.165) is 38.3 Å². The lowest BCUT2D eigenvalue weighted by molar-refractivity contribution is 0.215. The van der Waals surface area contributed by atoms with Gasteiger partial charge < -0.3 is 4.74 Å². The van der Waals surface area contributed by atoms with Gasteiger partial charge in [-0.25, -0.2) is 13.1 Å². The van der Waals surface area contributed by atoms with Crippen LogP contribution in [0.3, 0.4) is 0 Å². The molecule has 0 spiro atoms. The van der Waals surface area contributed by atoms with Crippen LogP contribution in [0.2, 0.25) is 0 Å². The van der Waals surface area contributed by atoms with Crippen LogP contribution in [-0.2, 0) is 29.7 Å². The minimum Gasteiger partial charge on any atom is -0.497 e. The van der Waals surface area contributed by atoms with Gasteiger partial charge in [0.2, 0.25) is 10.0 Å². The Labute approximate surface area is 155 Å². The maximum Gasteiger partial charge on any atom is 0.208 e. The molecular formula is C18H26N4O3S. The molecule has 1 aliphatic rings. The molecule has 0 saturated heterocycles. The fourth-order valence-corrected chi connectivity index (χ4v) is 3.89. The van der Waals surface area contributed by atoms with Gasteiger partial charge in [0.25, 0.3) is 0 Å². The molecule has 2 heterocycles. The molecule has 1 aliphatic heterocycles. The van der Waals surface area contributed by atoms with Crippen molar-refractivity contribution in [2.45, 2.75) is 26.1 Å². The Morgan fingerprint density at radius 2 is 2.15 bits per heavy atom. The number of ether oxygens (including phenoxy) is 1. The Balaban J connectivity index is 1.70. The smallest absolute Gasteiger partial charge is 0.208 e. The molecule has 8 heteroatoms. The van der Waals surface area contributed by atoms with E-state index in [1.54, 1.807) is 7.11 Å². The molecule has 0 saturated carbocycles. The number of hydrogen-bond acceptors (Lipinski definition) is 5. The molecule has 3 rings (SSSR count). The topological polar surface area (TPSA) is 76.5 Å². The van der Waals surface area contributed by atoms with Gasteiger partial charge >= 0.3 is 0 Å². The number of nitrogens with zero attached hydrogens (tertiary/aromatic N) is 3. The Morgan fingerprint density at radius 1 is 1.31 bits per heavy atom. The van der Waals surface area contributed by atoms with Gasteiger partial charge in [-0.05, 0) is 36.1 Å². The zero-order chi connectivity index (χ0) is 18.6. The number of nitrogens with one attached hydrogen (secondary N) is 1. The summed E-state index contributed by atoms with van der Waals surface area (Å²) in [5, 5.41) is 4.42. The van der Waals surface area contributed by atoms with Gasteiger partial charge in [0.05, 0.1) is 19.1 Å². The molecule has 0 radical (unpaired) electrons. The first-order chi connectivity index (χ1) is 12.4. The van der Waals surface area contributed by atoms with Gasteiger partial charge in [-0.3, -0.25) is 9.58 Å². The Hall–Kier alpha value is -1.90. The van der Waals surface area contributed by atoms with Crippen LogP contribution >= 0.6 is 0 Å². The average molecular weight is 378 g/mol. The van der Waals surface area contributed by atoms with Crippen LogP contribution in [0.15, 0.2) is 36.5 Å². The van der Waals surface area contributed by atoms with Gasteiger partial charge in [-0.15, -0.1) is 0 Å². The fourth-order valence-electron chi connectivity index (χ4n) is 3.40. The molecule has 1 aromatic carbocycles. The SMILES string of the molecule is COc1cccc(CN2Cc3ccnn3CC(CCNS(C)(=O)=O)C2)c1. The first-order valence-corrected chi connectivity index (χ1v) is 10.6. The Kier molecular flexibility index (Phi) is 5.95. The van der Waals surface area contributed by atoms with Crippen molar-refractivity contribution in [3.05, 3.63) is 47.8 Å². The number of benzene rings is 1. The zero-order valence-corrected chi connectivity index (χ0v) is 16.1. The van der Waals surface area contributed by atoms with E-state index in [1.165, 1.54) is 17.5 Å². The second kappa shape index (κ2) is 8.20. The molecule has 1 N–H and O–H groups in total.